The van der Waals surface area contributed by atoms with Gasteiger partial charge in [-0.1, -0.05) is 18.2 Å². The molecule has 4 rings (SSSR count). The Hall–Kier alpha value is -4.25. The Morgan fingerprint density at radius 3 is 2.27 bits per heavy atom. The molecule has 3 aromatic carbocycles. The molecule has 0 radical (unpaired) electrons. The molecule has 1 heterocycles. The maximum Gasteiger partial charge on any atom is 0.259 e. The lowest BCUT2D eigenvalue weighted by Gasteiger charge is -2.36. The molecule has 0 atom stereocenters. The zero-order chi connectivity index (χ0) is 36.0. The highest BCUT2D eigenvalue weighted by atomic mass is 35.5. The van der Waals surface area contributed by atoms with Crippen molar-refractivity contribution in [1.82, 2.24) is 9.80 Å². The van der Waals surface area contributed by atoms with Crippen LogP contribution in [0.25, 0.3) is 0 Å². The van der Waals surface area contributed by atoms with Crippen molar-refractivity contribution < 1.29 is 28.6 Å². The first kappa shape index (κ1) is 43.9. The topological polar surface area (TPSA) is 127 Å². The SMILES string of the molecule is COc1cc(C(=O)N(C)c2ccc(C)cc2OCCCCC(=C=O)N2CCC(N(C)C)CC2)ccc1NC(=O)c1ccccc1OCCCN.Cl.Cl. The largest absolute Gasteiger partial charge is 0.495 e. The van der Waals surface area contributed by atoms with Gasteiger partial charge in [-0.05, 0) is 114 Å². The zero-order valence-corrected chi connectivity index (χ0v) is 32.4. The molecular weight excluding hydrogens is 705 g/mol. The maximum atomic E-state index is 13.7. The van der Waals surface area contributed by atoms with E-state index in [-0.39, 0.29) is 36.6 Å². The smallest absolute Gasteiger partial charge is 0.259 e. The van der Waals surface area contributed by atoms with E-state index in [0.29, 0.717) is 78.4 Å². The number of methoxy groups -OCH3 is 1. The molecule has 1 aliphatic heterocycles. The summed E-state index contributed by atoms with van der Waals surface area (Å²) in [5, 5.41) is 2.88. The van der Waals surface area contributed by atoms with Crippen LogP contribution in [-0.2, 0) is 4.79 Å². The van der Waals surface area contributed by atoms with E-state index in [4.69, 9.17) is 19.9 Å². The molecule has 3 aromatic rings. The van der Waals surface area contributed by atoms with Crippen LogP contribution >= 0.6 is 24.8 Å². The fourth-order valence-corrected chi connectivity index (χ4v) is 5.98. The molecule has 11 nitrogen and oxygen atoms in total. The van der Waals surface area contributed by atoms with Gasteiger partial charge >= 0.3 is 0 Å². The Bertz CT molecular complexity index is 1660. The predicted molar refractivity (Wildman–Crippen MR) is 212 cm³/mol. The van der Waals surface area contributed by atoms with Crippen LogP contribution in [0.1, 0.15) is 64.8 Å². The summed E-state index contributed by atoms with van der Waals surface area (Å²) in [4.78, 5) is 44.6. The number of rotatable bonds is 17. The lowest BCUT2D eigenvalue weighted by Crippen LogP contribution is -2.41. The van der Waals surface area contributed by atoms with Crippen LogP contribution in [0.5, 0.6) is 17.2 Å². The van der Waals surface area contributed by atoms with Gasteiger partial charge in [-0.25, -0.2) is 4.79 Å². The normalized spacial score (nSPS) is 12.6. The van der Waals surface area contributed by atoms with Crippen LogP contribution in [0, 0.1) is 6.92 Å². The summed E-state index contributed by atoms with van der Waals surface area (Å²) in [6.45, 7) is 5.06. The van der Waals surface area contributed by atoms with Crippen molar-refractivity contribution in [2.24, 2.45) is 5.73 Å². The number of aryl methyl sites for hydroxylation is 1. The van der Waals surface area contributed by atoms with E-state index in [0.717, 1.165) is 50.0 Å². The Balaban J connectivity index is 0.00000468. The van der Waals surface area contributed by atoms with E-state index < -0.39 is 0 Å². The van der Waals surface area contributed by atoms with Crippen LogP contribution in [0.2, 0.25) is 0 Å². The van der Waals surface area contributed by atoms with Crippen LogP contribution in [0.3, 0.4) is 0 Å². The number of amides is 2. The molecule has 52 heavy (non-hydrogen) atoms. The van der Waals surface area contributed by atoms with Crippen LogP contribution in [-0.4, -0.2) is 94.7 Å². The Morgan fingerprint density at radius 1 is 0.904 bits per heavy atom. The van der Waals surface area contributed by atoms with Gasteiger partial charge in [-0.2, -0.15) is 0 Å². The Morgan fingerprint density at radius 2 is 1.60 bits per heavy atom. The highest BCUT2D eigenvalue weighted by Gasteiger charge is 2.23. The number of halogens is 2. The van der Waals surface area contributed by atoms with E-state index in [1.165, 1.54) is 7.11 Å². The van der Waals surface area contributed by atoms with Crippen molar-refractivity contribution >= 4 is 53.9 Å². The average molecular weight is 759 g/mol. The summed E-state index contributed by atoms with van der Waals surface area (Å²) in [6, 6.07) is 18.2. The lowest BCUT2D eigenvalue weighted by atomic mass is 10.0. The highest BCUT2D eigenvalue weighted by molar-refractivity contribution is 6.09. The molecule has 1 aliphatic rings. The van der Waals surface area contributed by atoms with Crippen LogP contribution in [0.4, 0.5) is 11.4 Å². The van der Waals surface area contributed by atoms with Gasteiger partial charge in [0.1, 0.15) is 23.2 Å². The molecule has 1 fully saturated rings. The zero-order valence-electron chi connectivity index (χ0n) is 30.8. The van der Waals surface area contributed by atoms with E-state index in [2.05, 4.69) is 35.2 Å². The number of unbranched alkanes of at least 4 members (excludes halogenated alkanes) is 1. The van der Waals surface area contributed by atoms with E-state index in [9.17, 15) is 14.4 Å². The number of allylic oxidation sites excluding steroid dienone is 1. The summed E-state index contributed by atoms with van der Waals surface area (Å²) in [5.41, 5.74) is 9.11. The van der Waals surface area contributed by atoms with Crippen molar-refractivity contribution in [3.63, 3.8) is 0 Å². The number of nitrogens with zero attached hydrogens (tertiary/aromatic N) is 3. The van der Waals surface area contributed by atoms with Gasteiger partial charge in [-0.3, -0.25) is 9.59 Å². The minimum Gasteiger partial charge on any atom is -0.495 e. The van der Waals surface area contributed by atoms with Gasteiger partial charge in [-0.15, -0.1) is 24.8 Å². The van der Waals surface area contributed by atoms with Gasteiger partial charge in [0.05, 0.1) is 43.0 Å². The predicted octanol–water partition coefficient (Wildman–Crippen LogP) is 6.39. The quantitative estimate of drug-likeness (QED) is 0.119. The molecular formula is C39H53Cl2N5O6. The third-order valence-electron chi connectivity index (χ3n) is 8.98. The molecule has 0 spiro atoms. The monoisotopic (exact) mass is 757 g/mol. The number of ether oxygens (including phenoxy) is 3. The summed E-state index contributed by atoms with van der Waals surface area (Å²) < 4.78 is 17.5. The highest BCUT2D eigenvalue weighted by Crippen LogP contribution is 2.33. The number of piperidine rings is 1. The minimum atomic E-state index is -0.368. The first-order chi connectivity index (χ1) is 24.2. The molecule has 0 aromatic heterocycles. The molecule has 0 saturated carbocycles. The molecule has 284 valence electrons. The van der Waals surface area contributed by atoms with Crippen molar-refractivity contribution in [3.05, 3.63) is 83.1 Å². The number of nitrogens with two attached hydrogens (primary N) is 1. The molecule has 3 N–H and O–H groups in total. The standard InChI is InChI=1S/C39H51N5O6.2ClH/c1-28-14-17-34(37(25-28)50-23-9-8-11-31(27-45)44-21-18-30(19-22-44)42(2)3)43(4)39(47)29-15-16-33(36(26-29)48-5)41-38(46)32-12-6-7-13-35(32)49-24-10-20-40;;/h6-7,12-17,25-26,30H,8-11,18-24,40H2,1-5H3,(H,41,46);2*1H. The second-order valence-electron chi connectivity index (χ2n) is 12.7. The van der Waals surface area contributed by atoms with E-state index in [1.807, 2.05) is 25.1 Å². The number of benzene rings is 3. The third kappa shape index (κ3) is 11.9. The Labute approximate surface area is 320 Å². The fraction of sp³-hybridized carbons (Fsp3) is 0.436. The minimum absolute atomic E-state index is 0. The molecule has 2 amide bonds. The number of anilines is 2. The van der Waals surface area contributed by atoms with E-state index >= 15 is 0 Å². The van der Waals surface area contributed by atoms with E-state index in [1.54, 1.807) is 54.4 Å². The van der Waals surface area contributed by atoms with Gasteiger partial charge in [0.2, 0.25) is 0 Å². The number of carbonyl (C=O) groups excluding carboxylic acids is 3. The summed E-state index contributed by atoms with van der Waals surface area (Å²) in [6.07, 6.45) is 4.95. The first-order valence-electron chi connectivity index (χ1n) is 17.2. The number of likely N-dealkylation sites (tertiary alicyclic amines) is 1. The summed E-state index contributed by atoms with van der Waals surface area (Å²) >= 11 is 0. The summed E-state index contributed by atoms with van der Waals surface area (Å²) in [5.74, 6) is 2.93. The van der Waals surface area contributed by atoms with Crippen molar-refractivity contribution in [3.8, 4) is 17.2 Å². The van der Waals surface area contributed by atoms with Crippen LogP contribution in [0.15, 0.2) is 66.4 Å². The van der Waals surface area contributed by atoms with Gasteiger partial charge in [0.15, 0.2) is 0 Å². The van der Waals surface area contributed by atoms with Crippen LogP contribution < -0.4 is 30.2 Å². The van der Waals surface area contributed by atoms with Gasteiger partial charge < -0.3 is 40.0 Å². The fourth-order valence-electron chi connectivity index (χ4n) is 5.98. The second kappa shape index (κ2) is 22.0. The third-order valence-corrected chi connectivity index (χ3v) is 8.98. The first-order valence-corrected chi connectivity index (χ1v) is 17.2. The van der Waals surface area contributed by atoms with Gasteiger partial charge in [0.25, 0.3) is 11.8 Å². The molecule has 0 aliphatic carbocycles. The summed E-state index contributed by atoms with van der Waals surface area (Å²) in [7, 11) is 7.39. The average Bonchev–Trinajstić information content (AvgIpc) is 3.13. The van der Waals surface area contributed by atoms with Crippen molar-refractivity contribution in [2.45, 2.75) is 51.5 Å². The number of nitrogens with one attached hydrogen (secondary N) is 1. The lowest BCUT2D eigenvalue weighted by molar-refractivity contribution is 0.0990. The number of para-hydroxylation sites is 1. The molecule has 0 bridgehead atoms. The van der Waals surface area contributed by atoms with Crippen molar-refractivity contribution in [2.75, 3.05) is 71.3 Å². The second-order valence-corrected chi connectivity index (χ2v) is 12.7. The Kier molecular flexibility index (Phi) is 18.5. The molecule has 13 heteroatoms. The number of hydrogen-bond acceptors (Lipinski definition) is 9. The molecule has 0 unspecified atom stereocenters. The number of carbonyl (C=O) groups is 2. The van der Waals surface area contributed by atoms with Gasteiger partial charge in [0, 0.05) is 31.7 Å². The van der Waals surface area contributed by atoms with Crippen molar-refractivity contribution in [1.29, 1.82) is 0 Å². The maximum absolute atomic E-state index is 13.7. The number of hydrogen-bond donors (Lipinski definition) is 2. The molecule has 1 saturated heterocycles.